The number of hydrogen-bond donors (Lipinski definition) is 1. The van der Waals surface area contributed by atoms with Crippen molar-refractivity contribution in [1.29, 1.82) is 0 Å². The Morgan fingerprint density at radius 3 is 2.54 bits per heavy atom. The highest BCUT2D eigenvalue weighted by atomic mass is 32.1. The smallest absolute Gasteiger partial charge is 0.271 e. The van der Waals surface area contributed by atoms with E-state index in [2.05, 4.69) is 15.4 Å². The lowest BCUT2D eigenvalue weighted by atomic mass is 9.95. The Hall–Kier alpha value is -4.24. The number of amides is 1. The van der Waals surface area contributed by atoms with E-state index in [4.69, 9.17) is 4.74 Å². The number of benzene rings is 2. The zero-order valence-electron chi connectivity index (χ0n) is 19.4. The topological polar surface area (TPSA) is 90.5 Å². The molecule has 0 bridgehead atoms. The monoisotopic (exact) mass is 485 g/mol. The van der Waals surface area contributed by atoms with Crippen LogP contribution < -0.4 is 24.9 Å². The standard InChI is InChI=1S/C26H23N5O3S/c1-16-22(24(32)29-19-7-5-4-6-8-19)23(18-9-11-20(34-3)12-10-18)31-25(33)21(35-26(31)28-16)13-17-14-27-30(2)15-17/h4-15,23H,1-3H3,(H,29,32)/b21-13+. The third kappa shape index (κ3) is 4.33. The van der Waals surface area contributed by atoms with Crippen molar-refractivity contribution in [3.8, 4) is 5.75 Å². The average Bonchev–Trinajstić information content (AvgIpc) is 3.41. The van der Waals surface area contributed by atoms with Gasteiger partial charge in [0.15, 0.2) is 4.80 Å². The van der Waals surface area contributed by atoms with E-state index in [9.17, 15) is 9.59 Å². The highest BCUT2D eigenvalue weighted by Crippen LogP contribution is 2.31. The van der Waals surface area contributed by atoms with Crippen LogP contribution in [0.3, 0.4) is 0 Å². The van der Waals surface area contributed by atoms with Crippen molar-refractivity contribution >= 4 is 29.0 Å². The molecule has 1 atom stereocenters. The first-order valence-corrected chi connectivity index (χ1v) is 11.8. The molecule has 1 unspecified atom stereocenters. The predicted molar refractivity (Wildman–Crippen MR) is 135 cm³/mol. The molecule has 2 aromatic carbocycles. The van der Waals surface area contributed by atoms with Crippen LogP contribution in [0.2, 0.25) is 0 Å². The van der Waals surface area contributed by atoms with Crippen LogP contribution in [0.1, 0.15) is 24.1 Å². The molecule has 176 valence electrons. The van der Waals surface area contributed by atoms with E-state index >= 15 is 0 Å². The van der Waals surface area contributed by atoms with Crippen molar-refractivity contribution in [1.82, 2.24) is 14.3 Å². The summed E-state index contributed by atoms with van der Waals surface area (Å²) in [4.78, 5) is 32.4. The van der Waals surface area contributed by atoms with Crippen molar-refractivity contribution in [2.24, 2.45) is 12.0 Å². The Morgan fingerprint density at radius 2 is 1.89 bits per heavy atom. The summed E-state index contributed by atoms with van der Waals surface area (Å²) < 4.78 is 9.11. The van der Waals surface area contributed by atoms with E-state index in [1.807, 2.05) is 67.8 Å². The van der Waals surface area contributed by atoms with Gasteiger partial charge in [0.25, 0.3) is 11.5 Å². The summed E-state index contributed by atoms with van der Waals surface area (Å²) >= 11 is 1.29. The first-order chi connectivity index (χ1) is 16.9. The number of aromatic nitrogens is 3. The number of carbonyl (C=O) groups is 1. The molecule has 0 aliphatic carbocycles. The molecule has 8 nitrogen and oxygen atoms in total. The van der Waals surface area contributed by atoms with Gasteiger partial charge in [-0.05, 0) is 42.8 Å². The van der Waals surface area contributed by atoms with E-state index in [1.165, 1.54) is 11.3 Å². The SMILES string of the molecule is COc1ccc(C2C(C(=O)Nc3ccccc3)=C(C)N=c3s/c(=C/c4cnn(C)c4)c(=O)n32)cc1. The number of aryl methyl sites for hydroxylation is 1. The van der Waals surface area contributed by atoms with Crippen molar-refractivity contribution in [3.63, 3.8) is 0 Å². The van der Waals surface area contributed by atoms with Crippen molar-refractivity contribution in [3.05, 3.63) is 109 Å². The fourth-order valence-electron chi connectivity index (χ4n) is 4.10. The molecule has 3 heterocycles. The van der Waals surface area contributed by atoms with E-state index in [0.29, 0.717) is 32.0 Å². The maximum atomic E-state index is 13.6. The Morgan fingerprint density at radius 1 is 1.14 bits per heavy atom. The number of anilines is 1. The third-order valence-electron chi connectivity index (χ3n) is 5.75. The van der Waals surface area contributed by atoms with E-state index < -0.39 is 6.04 Å². The number of para-hydroxylation sites is 1. The van der Waals surface area contributed by atoms with Crippen LogP contribution in [0, 0.1) is 0 Å². The summed E-state index contributed by atoms with van der Waals surface area (Å²) in [7, 11) is 3.42. The summed E-state index contributed by atoms with van der Waals surface area (Å²) in [6, 6.07) is 16.0. The lowest BCUT2D eigenvalue weighted by Crippen LogP contribution is -2.40. The summed E-state index contributed by atoms with van der Waals surface area (Å²) in [5, 5.41) is 7.13. The lowest BCUT2D eigenvalue weighted by Gasteiger charge is -2.25. The lowest BCUT2D eigenvalue weighted by molar-refractivity contribution is -0.113. The highest BCUT2D eigenvalue weighted by molar-refractivity contribution is 7.07. The molecule has 1 aliphatic heterocycles. The molecule has 2 aromatic heterocycles. The van der Waals surface area contributed by atoms with E-state index in [-0.39, 0.29) is 11.5 Å². The number of nitrogens with zero attached hydrogens (tertiary/aromatic N) is 4. The van der Waals surface area contributed by atoms with Gasteiger partial charge in [-0.1, -0.05) is 41.7 Å². The van der Waals surface area contributed by atoms with Gasteiger partial charge < -0.3 is 10.1 Å². The summed E-state index contributed by atoms with van der Waals surface area (Å²) in [5.41, 5.74) is 3.04. The fraction of sp³-hybridized carbons (Fsp3) is 0.154. The van der Waals surface area contributed by atoms with Gasteiger partial charge in [0, 0.05) is 24.5 Å². The summed E-state index contributed by atoms with van der Waals surface area (Å²) in [5.74, 6) is 0.383. The molecule has 1 amide bonds. The Balaban J connectivity index is 1.67. The molecular weight excluding hydrogens is 462 g/mol. The van der Waals surface area contributed by atoms with Gasteiger partial charge in [0.1, 0.15) is 5.75 Å². The second-order valence-electron chi connectivity index (χ2n) is 8.12. The first kappa shape index (κ1) is 22.5. The highest BCUT2D eigenvalue weighted by Gasteiger charge is 2.32. The number of allylic oxidation sites excluding steroid dienone is 1. The number of nitrogens with one attached hydrogen (secondary N) is 1. The predicted octanol–water partition coefficient (Wildman–Crippen LogP) is 2.62. The van der Waals surface area contributed by atoms with Crippen molar-refractivity contribution in [2.75, 3.05) is 12.4 Å². The number of carbonyl (C=O) groups excluding carboxylic acids is 1. The van der Waals surface area contributed by atoms with E-state index in [0.717, 1.165) is 11.1 Å². The molecule has 4 aromatic rings. The van der Waals surface area contributed by atoms with Crippen molar-refractivity contribution in [2.45, 2.75) is 13.0 Å². The first-order valence-electron chi connectivity index (χ1n) is 11.0. The van der Waals surface area contributed by atoms with E-state index in [1.54, 1.807) is 35.6 Å². The Kier molecular flexibility index (Phi) is 5.92. The minimum Gasteiger partial charge on any atom is -0.497 e. The molecule has 0 saturated carbocycles. The van der Waals surface area contributed by atoms with Crippen LogP contribution in [0.25, 0.3) is 6.08 Å². The maximum absolute atomic E-state index is 13.6. The minimum atomic E-state index is -0.642. The maximum Gasteiger partial charge on any atom is 0.271 e. The Labute approximate surface area is 205 Å². The fourth-order valence-corrected chi connectivity index (χ4v) is 5.15. The van der Waals surface area contributed by atoms with Crippen LogP contribution in [-0.4, -0.2) is 27.4 Å². The molecule has 0 spiro atoms. The molecule has 9 heteroatoms. The largest absolute Gasteiger partial charge is 0.497 e. The second kappa shape index (κ2) is 9.19. The van der Waals surface area contributed by atoms with Crippen LogP contribution >= 0.6 is 11.3 Å². The molecule has 0 radical (unpaired) electrons. The normalized spacial score (nSPS) is 15.5. The van der Waals surface area contributed by atoms with Gasteiger partial charge in [-0.25, -0.2) is 4.99 Å². The molecule has 1 aliphatic rings. The van der Waals surface area contributed by atoms with Gasteiger partial charge in [0.2, 0.25) is 0 Å². The quantitative estimate of drug-likeness (QED) is 0.471. The molecule has 0 fully saturated rings. The van der Waals surface area contributed by atoms with Crippen LogP contribution in [0.4, 0.5) is 5.69 Å². The van der Waals surface area contributed by atoms with Gasteiger partial charge in [0.05, 0.1) is 35.2 Å². The molecule has 35 heavy (non-hydrogen) atoms. The second-order valence-corrected chi connectivity index (χ2v) is 9.13. The number of fused-ring (bicyclic) bond motifs is 1. The van der Waals surface area contributed by atoms with Crippen molar-refractivity contribution < 1.29 is 9.53 Å². The van der Waals surface area contributed by atoms with Gasteiger partial charge in [-0.2, -0.15) is 5.10 Å². The molecule has 0 saturated heterocycles. The number of ether oxygens (including phenoxy) is 1. The molecule has 1 N–H and O–H groups in total. The zero-order chi connectivity index (χ0) is 24.5. The molecule has 5 rings (SSSR count). The summed E-state index contributed by atoms with van der Waals surface area (Å²) in [6.07, 6.45) is 5.33. The van der Waals surface area contributed by atoms with Crippen LogP contribution in [-0.2, 0) is 11.8 Å². The zero-order valence-corrected chi connectivity index (χ0v) is 20.2. The number of thiazole rings is 1. The van der Waals surface area contributed by atoms with Gasteiger partial charge in [-0.15, -0.1) is 0 Å². The number of methoxy groups -OCH3 is 1. The number of rotatable bonds is 5. The van der Waals surface area contributed by atoms with Crippen LogP contribution in [0.5, 0.6) is 5.75 Å². The average molecular weight is 486 g/mol. The minimum absolute atomic E-state index is 0.212. The Bertz CT molecular complexity index is 1610. The number of hydrogen-bond acceptors (Lipinski definition) is 6. The van der Waals surface area contributed by atoms with Crippen LogP contribution in [0.15, 0.2) is 88.0 Å². The van der Waals surface area contributed by atoms with Gasteiger partial charge >= 0.3 is 0 Å². The summed E-state index contributed by atoms with van der Waals surface area (Å²) in [6.45, 7) is 1.80. The molecular formula is C26H23N5O3S. The third-order valence-corrected chi connectivity index (χ3v) is 6.74. The van der Waals surface area contributed by atoms with Gasteiger partial charge in [-0.3, -0.25) is 18.8 Å².